The van der Waals surface area contributed by atoms with Gasteiger partial charge in [-0.2, -0.15) is 0 Å². The Bertz CT molecular complexity index is 376. The molecule has 4 nitrogen and oxygen atoms in total. The average molecular weight is 192 g/mol. The van der Waals surface area contributed by atoms with Crippen LogP contribution >= 0.6 is 0 Å². The molecule has 2 rings (SSSR count). The van der Waals surface area contributed by atoms with E-state index in [1.54, 1.807) is 18.2 Å². The fraction of sp³-hybridized carbons (Fsp3) is 0.300. The summed E-state index contributed by atoms with van der Waals surface area (Å²) in [6, 6.07) is 5.33. The molecular weight excluding hydrogens is 180 g/mol. The zero-order valence-corrected chi connectivity index (χ0v) is 7.91. The monoisotopic (exact) mass is 192 g/mol. The maximum atomic E-state index is 11.4. The van der Waals surface area contributed by atoms with Gasteiger partial charge < -0.3 is 15.8 Å². The number of nitrogens with one attached hydrogen (secondary N) is 1. The van der Waals surface area contributed by atoms with Crippen LogP contribution in [0.15, 0.2) is 18.2 Å². The van der Waals surface area contributed by atoms with Gasteiger partial charge in [0, 0.05) is 0 Å². The number of carbonyl (C=O) groups is 1. The zero-order valence-electron chi connectivity index (χ0n) is 7.91. The van der Waals surface area contributed by atoms with Gasteiger partial charge in [-0.25, -0.2) is 0 Å². The van der Waals surface area contributed by atoms with Gasteiger partial charge in [0.05, 0.1) is 5.69 Å². The predicted octanol–water partition coefficient (Wildman–Crippen LogP) is 1.38. The third kappa shape index (κ3) is 1.28. The lowest BCUT2D eigenvalue weighted by atomic mass is 10.1. The van der Waals surface area contributed by atoms with Crippen LogP contribution in [0.1, 0.15) is 13.3 Å². The van der Waals surface area contributed by atoms with Crippen molar-refractivity contribution in [2.45, 2.75) is 19.4 Å². The van der Waals surface area contributed by atoms with Crippen LogP contribution in [0.25, 0.3) is 0 Å². The van der Waals surface area contributed by atoms with E-state index in [1.807, 2.05) is 6.92 Å². The maximum Gasteiger partial charge on any atom is 0.265 e. The van der Waals surface area contributed by atoms with E-state index in [0.717, 1.165) is 0 Å². The highest BCUT2D eigenvalue weighted by Gasteiger charge is 2.26. The molecule has 3 N–H and O–H groups in total. The van der Waals surface area contributed by atoms with Gasteiger partial charge in [-0.05, 0) is 18.6 Å². The van der Waals surface area contributed by atoms with Crippen LogP contribution in [-0.2, 0) is 4.79 Å². The van der Waals surface area contributed by atoms with Crippen molar-refractivity contribution in [3.05, 3.63) is 18.2 Å². The number of anilines is 2. The van der Waals surface area contributed by atoms with E-state index in [2.05, 4.69) is 5.32 Å². The van der Waals surface area contributed by atoms with Crippen LogP contribution in [0.2, 0.25) is 0 Å². The predicted molar refractivity (Wildman–Crippen MR) is 54.2 cm³/mol. The van der Waals surface area contributed by atoms with Crippen LogP contribution < -0.4 is 15.8 Å². The normalized spacial score (nSPS) is 19.5. The van der Waals surface area contributed by atoms with Crippen molar-refractivity contribution in [2.24, 2.45) is 0 Å². The lowest BCUT2D eigenvalue weighted by molar-refractivity contribution is -0.123. The number of benzene rings is 1. The van der Waals surface area contributed by atoms with Crippen LogP contribution in [0, 0.1) is 0 Å². The molecule has 1 atom stereocenters. The van der Waals surface area contributed by atoms with Crippen molar-refractivity contribution in [3.63, 3.8) is 0 Å². The SMILES string of the molecule is CC[C@H]1Oc2cccc(N)c2NC1=O. The topological polar surface area (TPSA) is 64.3 Å². The fourth-order valence-electron chi connectivity index (χ4n) is 1.46. The Balaban J connectivity index is 2.40. The van der Waals surface area contributed by atoms with Gasteiger partial charge in [0.25, 0.3) is 5.91 Å². The molecule has 0 fully saturated rings. The van der Waals surface area contributed by atoms with Gasteiger partial charge >= 0.3 is 0 Å². The summed E-state index contributed by atoms with van der Waals surface area (Å²) in [7, 11) is 0. The van der Waals surface area contributed by atoms with Crippen LogP contribution in [0.3, 0.4) is 0 Å². The molecule has 1 heterocycles. The third-order valence-electron chi connectivity index (χ3n) is 2.24. The molecule has 0 saturated carbocycles. The first-order valence-corrected chi connectivity index (χ1v) is 4.58. The van der Waals surface area contributed by atoms with E-state index in [4.69, 9.17) is 10.5 Å². The number of hydrogen-bond donors (Lipinski definition) is 2. The summed E-state index contributed by atoms with van der Waals surface area (Å²) in [6.07, 6.45) is 0.254. The van der Waals surface area contributed by atoms with Gasteiger partial charge in [-0.15, -0.1) is 0 Å². The number of carbonyl (C=O) groups excluding carboxylic acids is 1. The van der Waals surface area contributed by atoms with E-state index in [-0.39, 0.29) is 5.91 Å². The molecule has 0 unspecified atom stereocenters. The summed E-state index contributed by atoms with van der Waals surface area (Å²) >= 11 is 0. The Labute approximate surface area is 82.1 Å². The molecule has 0 radical (unpaired) electrons. The summed E-state index contributed by atoms with van der Waals surface area (Å²) < 4.78 is 5.48. The Kier molecular flexibility index (Phi) is 2.04. The molecule has 4 heteroatoms. The number of ether oxygens (including phenoxy) is 1. The molecule has 1 aliphatic rings. The number of nitrogens with two attached hydrogens (primary N) is 1. The van der Waals surface area contributed by atoms with Crippen molar-refractivity contribution in [1.82, 2.24) is 0 Å². The van der Waals surface area contributed by atoms with Crippen molar-refractivity contribution in [1.29, 1.82) is 0 Å². The molecule has 74 valence electrons. The average Bonchev–Trinajstić information content (AvgIpc) is 2.19. The minimum absolute atomic E-state index is 0.127. The maximum absolute atomic E-state index is 11.4. The first-order valence-electron chi connectivity index (χ1n) is 4.58. The summed E-state index contributed by atoms with van der Waals surface area (Å²) in [5, 5.41) is 2.74. The number of nitrogen functional groups attached to an aromatic ring is 1. The standard InChI is InChI=1S/C10H12N2O2/c1-2-7-10(13)12-9-6(11)4-3-5-8(9)14-7/h3-5,7H,2,11H2,1H3,(H,12,13)/t7-/m1/s1. The Hall–Kier alpha value is -1.71. The van der Waals surface area contributed by atoms with Gasteiger partial charge in [0.1, 0.15) is 11.4 Å². The highest BCUT2D eigenvalue weighted by molar-refractivity contribution is 6.00. The summed E-state index contributed by atoms with van der Waals surface area (Å²) in [5.74, 6) is 0.523. The summed E-state index contributed by atoms with van der Waals surface area (Å²) in [6.45, 7) is 1.90. The minimum atomic E-state index is -0.399. The quantitative estimate of drug-likeness (QED) is 0.660. The molecule has 0 spiro atoms. The third-order valence-corrected chi connectivity index (χ3v) is 2.24. The van der Waals surface area contributed by atoms with E-state index < -0.39 is 6.10 Å². The number of fused-ring (bicyclic) bond motifs is 1. The van der Waals surface area contributed by atoms with Crippen molar-refractivity contribution < 1.29 is 9.53 Å². The van der Waals surface area contributed by atoms with Crippen LogP contribution in [0.4, 0.5) is 11.4 Å². The summed E-state index contributed by atoms with van der Waals surface area (Å²) in [4.78, 5) is 11.4. The van der Waals surface area contributed by atoms with Crippen molar-refractivity contribution in [3.8, 4) is 5.75 Å². The molecule has 0 aliphatic carbocycles. The Morgan fingerprint density at radius 2 is 2.36 bits per heavy atom. The van der Waals surface area contributed by atoms with Gasteiger partial charge in [0.2, 0.25) is 0 Å². The molecule has 1 aliphatic heterocycles. The molecular formula is C10H12N2O2. The van der Waals surface area contributed by atoms with Gasteiger partial charge in [-0.3, -0.25) is 4.79 Å². The first-order chi connectivity index (χ1) is 6.72. The van der Waals surface area contributed by atoms with E-state index in [1.165, 1.54) is 0 Å². The highest BCUT2D eigenvalue weighted by atomic mass is 16.5. The second-order valence-electron chi connectivity index (χ2n) is 3.22. The number of amides is 1. The second-order valence-corrected chi connectivity index (χ2v) is 3.22. The minimum Gasteiger partial charge on any atom is -0.478 e. The van der Waals surface area contributed by atoms with E-state index in [9.17, 15) is 4.79 Å². The molecule has 1 aromatic carbocycles. The smallest absolute Gasteiger partial charge is 0.265 e. The zero-order chi connectivity index (χ0) is 10.1. The molecule has 0 saturated heterocycles. The fourth-order valence-corrected chi connectivity index (χ4v) is 1.46. The van der Waals surface area contributed by atoms with Gasteiger partial charge in [-0.1, -0.05) is 13.0 Å². The Morgan fingerprint density at radius 1 is 1.57 bits per heavy atom. The molecule has 0 aromatic heterocycles. The number of rotatable bonds is 1. The number of hydrogen-bond acceptors (Lipinski definition) is 3. The summed E-state index contributed by atoms with van der Waals surface area (Å²) in [5.41, 5.74) is 6.81. The molecule has 0 bridgehead atoms. The second kappa shape index (κ2) is 3.21. The lowest BCUT2D eigenvalue weighted by Crippen LogP contribution is -2.36. The van der Waals surface area contributed by atoms with E-state index in [0.29, 0.717) is 23.5 Å². The van der Waals surface area contributed by atoms with Crippen LogP contribution in [-0.4, -0.2) is 12.0 Å². The van der Waals surface area contributed by atoms with Crippen LogP contribution in [0.5, 0.6) is 5.75 Å². The lowest BCUT2D eigenvalue weighted by Gasteiger charge is -2.25. The highest BCUT2D eigenvalue weighted by Crippen LogP contribution is 2.34. The molecule has 1 aromatic rings. The largest absolute Gasteiger partial charge is 0.478 e. The van der Waals surface area contributed by atoms with Gasteiger partial charge in [0.15, 0.2) is 6.10 Å². The number of para-hydroxylation sites is 1. The Morgan fingerprint density at radius 3 is 3.07 bits per heavy atom. The van der Waals surface area contributed by atoms with Crippen molar-refractivity contribution >= 4 is 17.3 Å². The van der Waals surface area contributed by atoms with Crippen molar-refractivity contribution in [2.75, 3.05) is 11.1 Å². The molecule has 1 amide bonds. The molecule has 14 heavy (non-hydrogen) atoms. The first kappa shape index (κ1) is 8.87. The van der Waals surface area contributed by atoms with E-state index >= 15 is 0 Å².